The molecule has 2 aromatic rings. The van der Waals surface area contributed by atoms with Crippen molar-refractivity contribution in [2.24, 2.45) is 0 Å². The van der Waals surface area contributed by atoms with Crippen molar-refractivity contribution in [3.05, 3.63) is 42.4 Å². The SMILES string of the molecule is COc1ccc(NC(C)Cc2ccco2)cc1O. The quantitative estimate of drug-likeness (QED) is 0.852. The van der Waals surface area contributed by atoms with Crippen molar-refractivity contribution in [1.29, 1.82) is 0 Å². The van der Waals surface area contributed by atoms with Crippen LogP contribution in [0.5, 0.6) is 11.5 Å². The minimum Gasteiger partial charge on any atom is -0.504 e. The number of furan rings is 1. The van der Waals surface area contributed by atoms with Crippen LogP contribution >= 0.6 is 0 Å². The maximum absolute atomic E-state index is 9.68. The summed E-state index contributed by atoms with van der Waals surface area (Å²) in [6, 6.07) is 9.29. The summed E-state index contributed by atoms with van der Waals surface area (Å²) in [5.41, 5.74) is 0.854. The first-order valence-corrected chi connectivity index (χ1v) is 5.85. The number of ether oxygens (including phenoxy) is 1. The molecule has 1 heterocycles. The number of nitrogens with one attached hydrogen (secondary N) is 1. The van der Waals surface area contributed by atoms with Gasteiger partial charge >= 0.3 is 0 Å². The normalized spacial score (nSPS) is 12.1. The third kappa shape index (κ3) is 2.97. The average Bonchev–Trinajstić information content (AvgIpc) is 2.82. The van der Waals surface area contributed by atoms with Crippen molar-refractivity contribution < 1.29 is 14.3 Å². The van der Waals surface area contributed by atoms with E-state index in [1.807, 2.05) is 18.2 Å². The van der Waals surface area contributed by atoms with Gasteiger partial charge in [0.15, 0.2) is 11.5 Å². The van der Waals surface area contributed by atoms with E-state index in [0.29, 0.717) is 5.75 Å². The Bertz CT molecular complexity index is 494. The van der Waals surface area contributed by atoms with Crippen LogP contribution in [-0.4, -0.2) is 18.3 Å². The van der Waals surface area contributed by atoms with E-state index in [-0.39, 0.29) is 11.8 Å². The zero-order valence-corrected chi connectivity index (χ0v) is 10.5. The zero-order valence-electron chi connectivity index (χ0n) is 10.5. The Morgan fingerprint density at radius 1 is 1.39 bits per heavy atom. The van der Waals surface area contributed by atoms with Gasteiger partial charge in [-0.05, 0) is 31.2 Å². The van der Waals surface area contributed by atoms with Crippen LogP contribution in [0.4, 0.5) is 5.69 Å². The van der Waals surface area contributed by atoms with E-state index in [1.54, 1.807) is 18.4 Å². The number of hydrogen-bond donors (Lipinski definition) is 2. The molecule has 2 rings (SSSR count). The van der Waals surface area contributed by atoms with Crippen LogP contribution < -0.4 is 10.1 Å². The predicted molar refractivity (Wildman–Crippen MR) is 70.2 cm³/mol. The lowest BCUT2D eigenvalue weighted by Gasteiger charge is -2.15. The first-order chi connectivity index (χ1) is 8.69. The van der Waals surface area contributed by atoms with Crippen molar-refractivity contribution in [2.45, 2.75) is 19.4 Å². The standard InChI is InChI=1S/C14H17NO3/c1-10(8-12-4-3-7-18-12)15-11-5-6-14(17-2)13(16)9-11/h3-7,9-10,15-16H,8H2,1-2H3. The van der Waals surface area contributed by atoms with Crippen LogP contribution in [0.1, 0.15) is 12.7 Å². The Kier molecular flexibility index (Phi) is 3.77. The average molecular weight is 247 g/mol. The van der Waals surface area contributed by atoms with E-state index in [9.17, 15) is 5.11 Å². The van der Waals surface area contributed by atoms with E-state index in [0.717, 1.165) is 17.9 Å². The van der Waals surface area contributed by atoms with Gasteiger partial charge in [-0.2, -0.15) is 0 Å². The van der Waals surface area contributed by atoms with Crippen molar-refractivity contribution in [2.75, 3.05) is 12.4 Å². The summed E-state index contributed by atoms with van der Waals surface area (Å²) < 4.78 is 10.3. The molecule has 1 unspecified atom stereocenters. The monoisotopic (exact) mass is 247 g/mol. The molecule has 0 saturated carbocycles. The molecule has 1 aromatic carbocycles. The molecule has 0 aliphatic carbocycles. The molecule has 1 atom stereocenters. The molecule has 1 aromatic heterocycles. The lowest BCUT2D eigenvalue weighted by atomic mass is 10.2. The van der Waals surface area contributed by atoms with Crippen molar-refractivity contribution in [3.8, 4) is 11.5 Å². The largest absolute Gasteiger partial charge is 0.504 e. The summed E-state index contributed by atoms with van der Waals surface area (Å²) in [4.78, 5) is 0. The Balaban J connectivity index is 1.98. The Labute approximate surface area is 106 Å². The second-order valence-corrected chi connectivity index (χ2v) is 4.22. The number of rotatable bonds is 5. The van der Waals surface area contributed by atoms with Gasteiger partial charge in [0.25, 0.3) is 0 Å². The lowest BCUT2D eigenvalue weighted by Crippen LogP contribution is -2.17. The number of anilines is 1. The molecule has 0 spiro atoms. The molecule has 2 N–H and O–H groups in total. The van der Waals surface area contributed by atoms with Gasteiger partial charge in [-0.25, -0.2) is 0 Å². The molecule has 96 valence electrons. The molecule has 0 aliphatic heterocycles. The number of phenolic OH excluding ortho intramolecular Hbond substituents is 1. The van der Waals surface area contributed by atoms with Crippen LogP contribution in [0.3, 0.4) is 0 Å². The Morgan fingerprint density at radius 2 is 2.22 bits per heavy atom. The first kappa shape index (κ1) is 12.4. The van der Waals surface area contributed by atoms with Crippen LogP contribution in [0, 0.1) is 0 Å². The van der Waals surface area contributed by atoms with Crippen LogP contribution in [0.25, 0.3) is 0 Å². The third-order valence-corrected chi connectivity index (χ3v) is 2.68. The second kappa shape index (κ2) is 5.49. The number of aromatic hydroxyl groups is 1. The molecule has 4 nitrogen and oxygen atoms in total. The fourth-order valence-corrected chi connectivity index (χ4v) is 1.85. The summed E-state index contributed by atoms with van der Waals surface area (Å²) in [6.45, 7) is 2.06. The minimum atomic E-state index is 0.132. The summed E-state index contributed by atoms with van der Waals surface area (Å²) >= 11 is 0. The maximum Gasteiger partial charge on any atom is 0.160 e. The number of hydrogen-bond acceptors (Lipinski definition) is 4. The summed E-state index contributed by atoms with van der Waals surface area (Å²) in [5, 5.41) is 13.0. The smallest absolute Gasteiger partial charge is 0.160 e. The highest BCUT2D eigenvalue weighted by Gasteiger charge is 2.07. The van der Waals surface area contributed by atoms with Crippen LogP contribution in [0.15, 0.2) is 41.0 Å². The van der Waals surface area contributed by atoms with E-state index in [4.69, 9.17) is 9.15 Å². The minimum absolute atomic E-state index is 0.132. The zero-order chi connectivity index (χ0) is 13.0. The van der Waals surface area contributed by atoms with E-state index < -0.39 is 0 Å². The molecule has 0 fully saturated rings. The third-order valence-electron chi connectivity index (χ3n) is 2.68. The topological polar surface area (TPSA) is 54.6 Å². The molecular formula is C14H17NO3. The maximum atomic E-state index is 9.68. The van der Waals surface area contributed by atoms with Crippen LogP contribution in [0.2, 0.25) is 0 Å². The molecular weight excluding hydrogens is 230 g/mol. The fraction of sp³-hybridized carbons (Fsp3) is 0.286. The number of benzene rings is 1. The second-order valence-electron chi connectivity index (χ2n) is 4.22. The number of phenols is 1. The molecule has 0 bridgehead atoms. The van der Waals surface area contributed by atoms with Gasteiger partial charge < -0.3 is 19.6 Å². The lowest BCUT2D eigenvalue weighted by molar-refractivity contribution is 0.373. The van der Waals surface area contributed by atoms with Gasteiger partial charge in [-0.15, -0.1) is 0 Å². The summed E-state index contributed by atoms with van der Waals surface area (Å²) in [7, 11) is 1.53. The van der Waals surface area contributed by atoms with Crippen molar-refractivity contribution in [1.82, 2.24) is 0 Å². The molecule has 0 saturated heterocycles. The van der Waals surface area contributed by atoms with Crippen molar-refractivity contribution in [3.63, 3.8) is 0 Å². The Morgan fingerprint density at radius 3 is 2.83 bits per heavy atom. The van der Waals surface area contributed by atoms with Gasteiger partial charge in [0.2, 0.25) is 0 Å². The van der Waals surface area contributed by atoms with E-state index in [2.05, 4.69) is 12.2 Å². The highest BCUT2D eigenvalue weighted by atomic mass is 16.5. The first-order valence-electron chi connectivity index (χ1n) is 5.85. The molecule has 18 heavy (non-hydrogen) atoms. The van der Waals surface area contributed by atoms with E-state index in [1.165, 1.54) is 7.11 Å². The van der Waals surface area contributed by atoms with Crippen molar-refractivity contribution >= 4 is 5.69 Å². The summed E-state index contributed by atoms with van der Waals surface area (Å²) in [6.07, 6.45) is 2.46. The molecule has 0 radical (unpaired) electrons. The molecule has 0 amide bonds. The highest BCUT2D eigenvalue weighted by molar-refractivity contribution is 5.54. The van der Waals surface area contributed by atoms with Gasteiger partial charge in [-0.1, -0.05) is 0 Å². The Hall–Kier alpha value is -2.10. The molecule has 0 aliphatic rings. The van der Waals surface area contributed by atoms with Gasteiger partial charge in [-0.3, -0.25) is 0 Å². The van der Waals surface area contributed by atoms with E-state index >= 15 is 0 Å². The summed E-state index contributed by atoms with van der Waals surface area (Å²) in [5.74, 6) is 1.54. The highest BCUT2D eigenvalue weighted by Crippen LogP contribution is 2.28. The van der Waals surface area contributed by atoms with Crippen LogP contribution in [-0.2, 0) is 6.42 Å². The number of methoxy groups -OCH3 is 1. The predicted octanol–water partition coefficient (Wildman–Crippen LogP) is 3.04. The van der Waals surface area contributed by atoms with Gasteiger partial charge in [0.05, 0.1) is 13.4 Å². The molecule has 4 heteroatoms. The van der Waals surface area contributed by atoms with Gasteiger partial charge in [0, 0.05) is 24.2 Å². The fourth-order valence-electron chi connectivity index (χ4n) is 1.85. The van der Waals surface area contributed by atoms with Gasteiger partial charge in [0.1, 0.15) is 5.76 Å².